The van der Waals surface area contributed by atoms with E-state index in [1.54, 1.807) is 0 Å². The van der Waals surface area contributed by atoms with Crippen molar-refractivity contribution in [2.45, 2.75) is 0 Å². The number of rotatable bonds is 9. The van der Waals surface area contributed by atoms with Gasteiger partial charge in [0.1, 0.15) is 0 Å². The first-order chi connectivity index (χ1) is 28.3. The van der Waals surface area contributed by atoms with Crippen LogP contribution in [0.25, 0.3) is 0 Å². The van der Waals surface area contributed by atoms with Crippen molar-refractivity contribution in [2.24, 2.45) is 0 Å². The van der Waals surface area contributed by atoms with Crippen LogP contribution in [-0.2, 0) is 19.5 Å². The summed E-state index contributed by atoms with van der Waals surface area (Å²) >= 11 is 0. The predicted octanol–water partition coefficient (Wildman–Crippen LogP) is 4.34. The summed E-state index contributed by atoms with van der Waals surface area (Å²) in [6.45, 7) is 0. The first-order valence-electron chi connectivity index (χ1n) is 19.2. The molecule has 0 spiro atoms. The van der Waals surface area contributed by atoms with Crippen molar-refractivity contribution in [3.63, 3.8) is 0 Å². The normalized spacial score (nSPS) is 10.1. The van der Waals surface area contributed by atoms with E-state index >= 15 is 0 Å². The molecule has 9 aromatic carbocycles. The van der Waals surface area contributed by atoms with Gasteiger partial charge in [0.05, 0.1) is 0 Å². The average Bonchev–Trinajstić information content (AvgIpc) is 3.30. The minimum absolute atomic E-state index is 0. The first-order valence-corrected chi connectivity index (χ1v) is 23.2. The predicted molar refractivity (Wildman–Crippen MR) is 255 cm³/mol. The molecule has 0 unspecified atom stereocenters. The molecule has 9 aromatic rings. The van der Waals surface area contributed by atoms with Crippen molar-refractivity contribution in [2.75, 3.05) is 0 Å². The third-order valence-electron chi connectivity index (χ3n) is 9.13. The summed E-state index contributed by atoms with van der Waals surface area (Å²) in [5.41, 5.74) is 0. The molecule has 0 aliphatic heterocycles. The van der Waals surface area contributed by atoms with Crippen LogP contribution in [0.1, 0.15) is 0 Å². The summed E-state index contributed by atoms with van der Waals surface area (Å²) in [6, 6.07) is 97.0. The smallest absolute Gasteiger partial charge is 1.00 e. The Hall–Kier alpha value is -4.53. The molecule has 0 aliphatic rings. The summed E-state index contributed by atoms with van der Waals surface area (Å²) in [4.78, 5) is 0. The third-order valence-corrected chi connectivity index (χ3v) is 16.5. The van der Waals surface area contributed by atoms with E-state index in [4.69, 9.17) is 0 Å². The van der Waals surface area contributed by atoms with E-state index < -0.39 is 23.8 Å². The van der Waals surface area contributed by atoms with Gasteiger partial charge in [0.2, 0.25) is 0 Å². The Balaban J connectivity index is 0.000000194. The zero-order valence-corrected chi connectivity index (χ0v) is 40.4. The van der Waals surface area contributed by atoms with Gasteiger partial charge in [-0.1, -0.05) is 273 Å². The van der Waals surface area contributed by atoms with Crippen molar-refractivity contribution < 1.29 is 44.3 Å². The van der Waals surface area contributed by atoms with Crippen molar-refractivity contribution in [1.29, 1.82) is 0 Å². The topological polar surface area (TPSA) is 0 Å². The van der Waals surface area contributed by atoms with Crippen molar-refractivity contribution in [1.82, 2.24) is 0 Å². The molecule has 0 heterocycles. The Morgan fingerprint density at radius 2 is 0.233 bits per heavy atom. The van der Waals surface area contributed by atoms with E-state index in [0.29, 0.717) is 0 Å². The molecule has 0 N–H and O–H groups in total. The van der Waals surface area contributed by atoms with Crippen molar-refractivity contribution in [3.05, 3.63) is 273 Å². The van der Waals surface area contributed by atoms with E-state index in [1.807, 2.05) is 0 Å². The maximum atomic E-state index is 2.23. The van der Waals surface area contributed by atoms with Gasteiger partial charge in [0.25, 0.3) is 0 Å². The second-order valence-corrected chi connectivity index (χ2v) is 19.7. The molecule has 0 nitrogen and oxygen atoms in total. The van der Waals surface area contributed by atoms with Gasteiger partial charge in [0.15, 0.2) is 0 Å². The van der Waals surface area contributed by atoms with Gasteiger partial charge in [-0.25, -0.2) is 0 Å². The van der Waals surface area contributed by atoms with Gasteiger partial charge in [-0.05, 0) is 71.5 Å². The Kier molecular flexibility index (Phi) is 21.4. The van der Waals surface area contributed by atoms with E-state index in [1.165, 1.54) is 47.7 Å². The zero-order chi connectivity index (χ0) is 38.7. The molecule has 0 radical (unpaired) electrons. The van der Waals surface area contributed by atoms with E-state index in [-0.39, 0.29) is 44.3 Å². The molecule has 0 saturated heterocycles. The number of hydrogen-bond donors (Lipinski definition) is 0. The van der Waals surface area contributed by atoms with Crippen LogP contribution in [0.2, 0.25) is 0 Å². The SMILES string of the molecule is [Cl-].[Cl-].[Zn+2].c1ccc(P(c2ccccc2)c2ccccc2)cc1.c1ccc(P(c2ccccc2)c2ccccc2)cc1.c1ccc(P(c2ccccc2)c2ccccc2)cc1. The molecule has 60 heavy (non-hydrogen) atoms. The molecule has 0 aromatic heterocycles. The van der Waals surface area contributed by atoms with Crippen LogP contribution in [0.15, 0.2) is 273 Å². The molecule has 6 heteroatoms. The van der Waals surface area contributed by atoms with Crippen LogP contribution in [0, 0.1) is 0 Å². The number of halogens is 2. The van der Waals surface area contributed by atoms with Crippen LogP contribution in [0.3, 0.4) is 0 Å². The van der Waals surface area contributed by atoms with E-state index in [9.17, 15) is 0 Å². The first kappa shape index (κ1) is 48.1. The molecule has 0 saturated carbocycles. The minimum Gasteiger partial charge on any atom is -1.00 e. The standard InChI is InChI=1S/3C18H15P.2ClH.Zn/c3*1-4-10-16(11-5-1)19(17-12-6-2-7-13-17)18-14-8-3-9-15-18;;;/h3*1-15H;2*1H;/q;;;;;+2/p-2. The largest absolute Gasteiger partial charge is 2.00 e. The van der Waals surface area contributed by atoms with Gasteiger partial charge in [0, 0.05) is 0 Å². The molecule has 9 rings (SSSR count). The molecule has 0 fully saturated rings. The van der Waals surface area contributed by atoms with Gasteiger partial charge in [-0.2, -0.15) is 0 Å². The zero-order valence-electron chi connectivity index (χ0n) is 33.3. The Bertz CT molecular complexity index is 1870. The quantitative estimate of drug-likeness (QED) is 0.150. The van der Waals surface area contributed by atoms with Gasteiger partial charge < -0.3 is 24.8 Å². The van der Waals surface area contributed by atoms with E-state index in [2.05, 4.69) is 273 Å². The summed E-state index contributed by atoms with van der Waals surface area (Å²) in [5.74, 6) is 0. The maximum absolute atomic E-state index is 2.23. The fourth-order valence-corrected chi connectivity index (χ4v) is 13.5. The molecule has 0 amide bonds. The van der Waals surface area contributed by atoms with Crippen LogP contribution >= 0.6 is 23.8 Å². The second kappa shape index (κ2) is 26.6. The number of benzene rings is 9. The van der Waals surface area contributed by atoms with Crippen LogP contribution < -0.4 is 72.6 Å². The summed E-state index contributed by atoms with van der Waals surface area (Å²) in [5, 5.41) is 12.6. The molecular weight excluding hydrogens is 878 g/mol. The average molecular weight is 923 g/mol. The van der Waals surface area contributed by atoms with E-state index in [0.717, 1.165) is 0 Å². The Morgan fingerprint density at radius 3 is 0.317 bits per heavy atom. The second-order valence-electron chi connectivity index (χ2n) is 13.0. The van der Waals surface area contributed by atoms with Gasteiger partial charge in [-0.15, -0.1) is 0 Å². The molecular formula is C54H45Cl2P3Zn. The van der Waals surface area contributed by atoms with Crippen molar-refractivity contribution in [3.8, 4) is 0 Å². The summed E-state index contributed by atoms with van der Waals surface area (Å²) in [7, 11) is -1.34. The monoisotopic (exact) mass is 920 g/mol. The molecule has 292 valence electrons. The molecule has 0 atom stereocenters. The van der Waals surface area contributed by atoms with Crippen LogP contribution in [-0.4, -0.2) is 0 Å². The fraction of sp³-hybridized carbons (Fsp3) is 0. The Morgan fingerprint density at radius 1 is 0.150 bits per heavy atom. The number of hydrogen-bond acceptors (Lipinski definition) is 0. The summed E-state index contributed by atoms with van der Waals surface area (Å²) in [6.07, 6.45) is 0. The van der Waals surface area contributed by atoms with Crippen LogP contribution in [0.4, 0.5) is 0 Å². The van der Waals surface area contributed by atoms with Crippen LogP contribution in [0.5, 0.6) is 0 Å². The third kappa shape index (κ3) is 13.8. The fourth-order valence-electron chi connectivity index (χ4n) is 6.54. The summed E-state index contributed by atoms with van der Waals surface area (Å²) < 4.78 is 0. The molecule has 0 bridgehead atoms. The minimum atomic E-state index is -0.446. The van der Waals surface area contributed by atoms with Gasteiger partial charge in [-0.3, -0.25) is 0 Å². The molecule has 0 aliphatic carbocycles. The maximum Gasteiger partial charge on any atom is 2.00 e. The van der Waals surface area contributed by atoms with Gasteiger partial charge >= 0.3 is 19.5 Å². The Labute approximate surface area is 386 Å². The van der Waals surface area contributed by atoms with Crippen molar-refractivity contribution >= 4 is 71.5 Å².